The molecule has 1 atom stereocenters. The van der Waals surface area contributed by atoms with Gasteiger partial charge in [-0.25, -0.2) is 0 Å². The molecule has 5 rings (SSSR count). The number of anilines is 1. The van der Waals surface area contributed by atoms with Gasteiger partial charge >= 0.3 is 0 Å². The molecule has 5 heteroatoms. The van der Waals surface area contributed by atoms with E-state index in [-0.39, 0.29) is 24.1 Å². The van der Waals surface area contributed by atoms with E-state index in [0.29, 0.717) is 22.4 Å². The van der Waals surface area contributed by atoms with E-state index in [1.54, 1.807) is 41.3 Å². The lowest BCUT2D eigenvalue weighted by molar-refractivity contribution is -0.117. The first-order chi connectivity index (χ1) is 17.0. The van der Waals surface area contributed by atoms with Crippen LogP contribution in [0.2, 0.25) is 0 Å². The van der Waals surface area contributed by atoms with Crippen LogP contribution in [0.3, 0.4) is 0 Å². The molecule has 0 unspecified atom stereocenters. The van der Waals surface area contributed by atoms with Gasteiger partial charge in [-0.15, -0.1) is 0 Å². The van der Waals surface area contributed by atoms with Crippen LogP contribution < -0.4 is 5.32 Å². The largest absolute Gasteiger partial charge is 0.324 e. The van der Waals surface area contributed by atoms with Crippen LogP contribution in [0.5, 0.6) is 0 Å². The lowest BCUT2D eigenvalue weighted by atomic mass is 9.94. The molecule has 0 fully saturated rings. The van der Waals surface area contributed by atoms with Crippen molar-refractivity contribution in [3.63, 3.8) is 0 Å². The fourth-order valence-electron chi connectivity index (χ4n) is 4.50. The molecule has 0 aromatic heterocycles. The van der Waals surface area contributed by atoms with E-state index in [1.807, 2.05) is 73.7 Å². The van der Waals surface area contributed by atoms with Crippen LogP contribution in [0, 0.1) is 6.92 Å². The fourth-order valence-corrected chi connectivity index (χ4v) is 4.50. The summed E-state index contributed by atoms with van der Waals surface area (Å²) >= 11 is 0. The van der Waals surface area contributed by atoms with E-state index in [4.69, 9.17) is 0 Å². The third-order valence-corrected chi connectivity index (χ3v) is 6.21. The number of ketones is 1. The summed E-state index contributed by atoms with van der Waals surface area (Å²) < 4.78 is 0. The normalized spacial score (nSPS) is 15.1. The number of amides is 2. The van der Waals surface area contributed by atoms with Crippen LogP contribution in [0.15, 0.2) is 103 Å². The molecule has 4 aromatic rings. The van der Waals surface area contributed by atoms with E-state index in [1.165, 1.54) is 0 Å². The summed E-state index contributed by atoms with van der Waals surface area (Å²) in [6, 6.07) is 30.8. The van der Waals surface area contributed by atoms with E-state index in [2.05, 4.69) is 5.32 Å². The Bertz CT molecular complexity index is 1400. The number of hydrogen-bond acceptors (Lipinski definition) is 3. The Hall–Kier alpha value is -4.51. The summed E-state index contributed by atoms with van der Waals surface area (Å²) in [7, 11) is 0. The fraction of sp³-hybridized carbons (Fsp3) is 0.100. The van der Waals surface area contributed by atoms with Crippen LogP contribution in [0.25, 0.3) is 0 Å². The van der Waals surface area contributed by atoms with E-state index < -0.39 is 6.04 Å². The van der Waals surface area contributed by atoms with Crippen LogP contribution >= 0.6 is 0 Å². The average Bonchev–Trinajstić information content (AvgIpc) is 3.04. The maximum Gasteiger partial charge on any atom is 0.255 e. The smallest absolute Gasteiger partial charge is 0.255 e. The molecular formula is C30H24N2O3. The summed E-state index contributed by atoms with van der Waals surface area (Å²) in [5, 5.41) is 2.95. The minimum absolute atomic E-state index is 0.0865. The molecule has 0 saturated carbocycles. The van der Waals surface area contributed by atoms with Gasteiger partial charge in [0.1, 0.15) is 6.54 Å². The second kappa shape index (κ2) is 9.39. The first kappa shape index (κ1) is 22.3. The standard InChI is InChI=1S/C30H24N2O3/c1-20-12-17-26-25(18-20)28(21-8-4-2-5-9-21)32(19-27(33)31-26)30(35)24-15-13-23(14-16-24)29(34)22-10-6-3-7-11-22/h2-18,28H,19H2,1H3,(H,31,33)/t28-/m1/s1. The lowest BCUT2D eigenvalue weighted by Crippen LogP contribution is -2.39. The van der Waals surface area contributed by atoms with Gasteiger partial charge in [0.25, 0.3) is 5.91 Å². The van der Waals surface area contributed by atoms with E-state index >= 15 is 0 Å². The number of fused-ring (bicyclic) bond motifs is 1. The second-order valence-electron chi connectivity index (χ2n) is 8.66. The number of nitrogens with zero attached hydrogens (tertiary/aromatic N) is 1. The van der Waals surface area contributed by atoms with Crippen molar-refractivity contribution in [2.45, 2.75) is 13.0 Å². The Kier molecular flexibility index (Phi) is 5.98. The predicted molar refractivity (Wildman–Crippen MR) is 135 cm³/mol. The maximum atomic E-state index is 13.8. The van der Waals surface area contributed by atoms with Gasteiger partial charge < -0.3 is 10.2 Å². The van der Waals surface area contributed by atoms with E-state index in [9.17, 15) is 14.4 Å². The Morgan fingerprint density at radius 1 is 0.771 bits per heavy atom. The molecule has 1 aliphatic rings. The summed E-state index contributed by atoms with van der Waals surface area (Å²) in [6.45, 7) is 1.90. The SMILES string of the molecule is Cc1ccc2c(c1)[C@@H](c1ccccc1)N(C(=O)c1ccc(C(=O)c3ccccc3)cc1)CC(=O)N2. The molecule has 1 N–H and O–H groups in total. The summed E-state index contributed by atoms with van der Waals surface area (Å²) in [5.74, 6) is -0.634. The van der Waals surface area contributed by atoms with Gasteiger partial charge in [-0.1, -0.05) is 90.5 Å². The van der Waals surface area contributed by atoms with Gasteiger partial charge in [0.05, 0.1) is 6.04 Å². The summed E-state index contributed by atoms with van der Waals surface area (Å²) in [6.07, 6.45) is 0. The second-order valence-corrected chi connectivity index (χ2v) is 8.66. The van der Waals surface area contributed by atoms with Crippen molar-refractivity contribution in [2.75, 3.05) is 11.9 Å². The Labute approximate surface area is 204 Å². The molecule has 1 aliphatic heterocycles. The molecule has 172 valence electrons. The zero-order chi connectivity index (χ0) is 24.4. The van der Waals surface area contributed by atoms with Crippen molar-refractivity contribution in [3.8, 4) is 0 Å². The molecule has 1 heterocycles. The number of rotatable bonds is 4. The Morgan fingerprint density at radius 3 is 2.06 bits per heavy atom. The van der Waals surface area contributed by atoms with Gasteiger partial charge in [0, 0.05) is 27.9 Å². The molecule has 0 spiro atoms. The number of hydrogen-bond donors (Lipinski definition) is 1. The van der Waals surface area contributed by atoms with Crippen molar-refractivity contribution in [1.82, 2.24) is 4.90 Å². The number of benzene rings is 4. The summed E-state index contributed by atoms with van der Waals surface area (Å²) in [5.41, 5.74) is 5.03. The molecule has 5 nitrogen and oxygen atoms in total. The number of nitrogens with one attached hydrogen (secondary N) is 1. The van der Waals surface area contributed by atoms with Crippen LogP contribution in [0.1, 0.15) is 49.0 Å². The van der Waals surface area contributed by atoms with Crippen molar-refractivity contribution >= 4 is 23.3 Å². The van der Waals surface area contributed by atoms with Crippen molar-refractivity contribution in [1.29, 1.82) is 0 Å². The van der Waals surface area contributed by atoms with Gasteiger partial charge in [-0.05, 0) is 30.7 Å². The van der Waals surface area contributed by atoms with Crippen molar-refractivity contribution in [3.05, 3.63) is 137 Å². The quantitative estimate of drug-likeness (QED) is 0.414. The molecule has 0 radical (unpaired) electrons. The predicted octanol–water partition coefficient (Wildman–Crippen LogP) is 5.41. The molecule has 0 saturated heterocycles. The highest BCUT2D eigenvalue weighted by molar-refractivity contribution is 6.09. The van der Waals surface area contributed by atoms with Gasteiger partial charge in [-0.3, -0.25) is 14.4 Å². The highest BCUT2D eigenvalue weighted by Crippen LogP contribution is 2.37. The maximum absolute atomic E-state index is 13.8. The number of carbonyl (C=O) groups is 3. The molecule has 0 bridgehead atoms. The van der Waals surface area contributed by atoms with E-state index in [0.717, 1.165) is 16.7 Å². The topological polar surface area (TPSA) is 66.5 Å². The first-order valence-electron chi connectivity index (χ1n) is 11.5. The molecule has 35 heavy (non-hydrogen) atoms. The van der Waals surface area contributed by atoms with Crippen molar-refractivity contribution < 1.29 is 14.4 Å². The van der Waals surface area contributed by atoms with Gasteiger partial charge in [0.15, 0.2) is 5.78 Å². The van der Waals surface area contributed by atoms with Gasteiger partial charge in [-0.2, -0.15) is 0 Å². The highest BCUT2D eigenvalue weighted by atomic mass is 16.2. The molecule has 2 amide bonds. The van der Waals surface area contributed by atoms with Crippen LogP contribution in [0.4, 0.5) is 5.69 Å². The lowest BCUT2D eigenvalue weighted by Gasteiger charge is -2.31. The zero-order valence-electron chi connectivity index (χ0n) is 19.3. The minimum Gasteiger partial charge on any atom is -0.324 e. The minimum atomic E-state index is -0.442. The Balaban J connectivity index is 1.53. The average molecular weight is 461 g/mol. The first-order valence-corrected chi connectivity index (χ1v) is 11.5. The highest BCUT2D eigenvalue weighted by Gasteiger charge is 2.34. The van der Waals surface area contributed by atoms with Crippen molar-refractivity contribution in [2.24, 2.45) is 0 Å². The van der Waals surface area contributed by atoms with Crippen LogP contribution in [-0.2, 0) is 4.79 Å². The monoisotopic (exact) mass is 460 g/mol. The zero-order valence-corrected chi connectivity index (χ0v) is 19.3. The van der Waals surface area contributed by atoms with Crippen LogP contribution in [-0.4, -0.2) is 29.0 Å². The molecule has 4 aromatic carbocycles. The third-order valence-electron chi connectivity index (χ3n) is 6.21. The third kappa shape index (κ3) is 4.49. The molecular weight excluding hydrogens is 436 g/mol. The molecule has 0 aliphatic carbocycles. The Morgan fingerprint density at radius 2 is 1.37 bits per heavy atom. The summed E-state index contributed by atoms with van der Waals surface area (Å²) in [4.78, 5) is 41.0. The number of aryl methyl sites for hydroxylation is 1. The number of carbonyl (C=O) groups excluding carboxylic acids is 3. The van der Waals surface area contributed by atoms with Gasteiger partial charge in [0.2, 0.25) is 5.91 Å².